The van der Waals surface area contributed by atoms with E-state index in [-0.39, 0.29) is 18.9 Å². The Labute approximate surface area is 171 Å². The standard InChI is InChI=1S/C21H19N7O2/c22-19-16-10-25-27-18(16)17(11-24-19)26-20(29)21(30)28(12-14-5-2-1-3-6-14)13-15-7-4-8-23-9-15/h1-11H,12-13H2,(H2,22,24)(H,25,27)(H,26,29). The highest BCUT2D eigenvalue weighted by Gasteiger charge is 2.24. The third kappa shape index (κ3) is 4.09. The van der Waals surface area contributed by atoms with Gasteiger partial charge in [0.05, 0.1) is 29.0 Å². The van der Waals surface area contributed by atoms with E-state index in [4.69, 9.17) is 5.73 Å². The molecule has 0 radical (unpaired) electrons. The van der Waals surface area contributed by atoms with Gasteiger partial charge in [-0.25, -0.2) is 4.98 Å². The zero-order chi connectivity index (χ0) is 20.9. The molecule has 4 aromatic rings. The molecule has 0 aliphatic carbocycles. The van der Waals surface area contributed by atoms with Crippen molar-refractivity contribution in [3.63, 3.8) is 0 Å². The van der Waals surface area contributed by atoms with Gasteiger partial charge in [-0.15, -0.1) is 0 Å². The van der Waals surface area contributed by atoms with E-state index in [1.54, 1.807) is 18.5 Å². The summed E-state index contributed by atoms with van der Waals surface area (Å²) in [6.45, 7) is 0.524. The molecule has 0 aliphatic rings. The number of nitrogens with two attached hydrogens (primary N) is 1. The lowest BCUT2D eigenvalue weighted by molar-refractivity contribution is -0.144. The number of nitrogens with zero attached hydrogens (tertiary/aromatic N) is 4. The lowest BCUT2D eigenvalue weighted by Gasteiger charge is -2.22. The Morgan fingerprint density at radius 2 is 1.77 bits per heavy atom. The van der Waals surface area contributed by atoms with Crippen LogP contribution in [0.3, 0.4) is 0 Å². The summed E-state index contributed by atoms with van der Waals surface area (Å²) in [6, 6.07) is 13.1. The van der Waals surface area contributed by atoms with Crippen molar-refractivity contribution in [1.29, 1.82) is 0 Å². The molecule has 1 aromatic carbocycles. The van der Waals surface area contributed by atoms with E-state index in [2.05, 4.69) is 25.5 Å². The van der Waals surface area contributed by atoms with Crippen LogP contribution in [0.15, 0.2) is 67.3 Å². The Kier molecular flexibility index (Phi) is 5.33. The summed E-state index contributed by atoms with van der Waals surface area (Å²) >= 11 is 0. The van der Waals surface area contributed by atoms with Gasteiger partial charge in [-0.2, -0.15) is 5.10 Å². The third-order valence-electron chi connectivity index (χ3n) is 4.56. The number of nitrogens with one attached hydrogen (secondary N) is 2. The van der Waals surface area contributed by atoms with Crippen LogP contribution in [0.2, 0.25) is 0 Å². The highest BCUT2D eigenvalue weighted by molar-refractivity contribution is 6.40. The lowest BCUT2D eigenvalue weighted by Crippen LogP contribution is -2.39. The zero-order valence-electron chi connectivity index (χ0n) is 15.9. The van der Waals surface area contributed by atoms with E-state index in [0.29, 0.717) is 16.6 Å². The Morgan fingerprint density at radius 1 is 1.00 bits per heavy atom. The number of pyridine rings is 2. The van der Waals surface area contributed by atoms with Gasteiger partial charge >= 0.3 is 11.8 Å². The van der Waals surface area contributed by atoms with Crippen molar-refractivity contribution in [3.05, 3.63) is 78.4 Å². The maximum absolute atomic E-state index is 13.0. The number of rotatable bonds is 5. The largest absolute Gasteiger partial charge is 0.383 e. The van der Waals surface area contributed by atoms with Gasteiger partial charge in [-0.1, -0.05) is 36.4 Å². The fourth-order valence-corrected chi connectivity index (χ4v) is 3.08. The molecule has 3 aromatic heterocycles. The first kappa shape index (κ1) is 19.1. The molecule has 0 unspecified atom stereocenters. The van der Waals surface area contributed by atoms with E-state index in [0.717, 1.165) is 11.1 Å². The Balaban J connectivity index is 1.57. The molecule has 3 heterocycles. The van der Waals surface area contributed by atoms with Gasteiger partial charge in [-0.3, -0.25) is 19.7 Å². The minimum atomic E-state index is -0.780. The number of H-pyrrole nitrogens is 1. The van der Waals surface area contributed by atoms with Crippen LogP contribution in [0.4, 0.5) is 11.5 Å². The molecule has 30 heavy (non-hydrogen) atoms. The van der Waals surface area contributed by atoms with Gasteiger partial charge in [0.1, 0.15) is 5.82 Å². The molecule has 150 valence electrons. The number of carbonyl (C=O) groups excluding carboxylic acids is 2. The van der Waals surface area contributed by atoms with Crippen LogP contribution in [0, 0.1) is 0 Å². The summed E-state index contributed by atoms with van der Waals surface area (Å²) < 4.78 is 0. The first-order valence-corrected chi connectivity index (χ1v) is 9.22. The van der Waals surface area contributed by atoms with Crippen LogP contribution in [0.1, 0.15) is 11.1 Å². The molecule has 0 atom stereocenters. The number of nitrogen functional groups attached to an aromatic ring is 1. The second kappa shape index (κ2) is 8.39. The van der Waals surface area contributed by atoms with E-state index >= 15 is 0 Å². The second-order valence-corrected chi connectivity index (χ2v) is 6.68. The van der Waals surface area contributed by atoms with Crippen molar-refractivity contribution < 1.29 is 9.59 Å². The number of fused-ring (bicyclic) bond motifs is 1. The molecule has 0 spiro atoms. The van der Waals surface area contributed by atoms with Gasteiger partial charge in [-0.05, 0) is 17.2 Å². The summed E-state index contributed by atoms with van der Waals surface area (Å²) in [5.74, 6) is -1.17. The first-order chi connectivity index (χ1) is 14.6. The maximum atomic E-state index is 13.0. The molecule has 0 bridgehead atoms. The van der Waals surface area contributed by atoms with Crippen molar-refractivity contribution in [2.45, 2.75) is 13.1 Å². The highest BCUT2D eigenvalue weighted by atomic mass is 16.2. The second-order valence-electron chi connectivity index (χ2n) is 6.68. The topological polar surface area (TPSA) is 130 Å². The van der Waals surface area contributed by atoms with Crippen molar-refractivity contribution in [1.82, 2.24) is 25.1 Å². The van der Waals surface area contributed by atoms with Gasteiger partial charge < -0.3 is 16.0 Å². The fourth-order valence-electron chi connectivity index (χ4n) is 3.08. The summed E-state index contributed by atoms with van der Waals surface area (Å²) in [5, 5.41) is 9.87. The minimum absolute atomic E-state index is 0.244. The Hall–Kier alpha value is -4.27. The van der Waals surface area contributed by atoms with Gasteiger partial charge in [0.2, 0.25) is 0 Å². The predicted molar refractivity (Wildman–Crippen MR) is 112 cm³/mol. The van der Waals surface area contributed by atoms with Crippen LogP contribution in [0.25, 0.3) is 10.9 Å². The number of amides is 2. The number of hydrogen-bond acceptors (Lipinski definition) is 6. The third-order valence-corrected chi connectivity index (χ3v) is 4.56. The van der Waals surface area contributed by atoms with Crippen LogP contribution in [-0.4, -0.2) is 36.9 Å². The molecule has 0 saturated carbocycles. The number of aromatic amines is 1. The average Bonchev–Trinajstić information content (AvgIpc) is 3.27. The molecule has 0 saturated heterocycles. The maximum Gasteiger partial charge on any atom is 0.314 e. The van der Waals surface area contributed by atoms with Crippen molar-refractivity contribution in [2.75, 3.05) is 11.1 Å². The van der Waals surface area contributed by atoms with E-state index in [1.165, 1.54) is 17.3 Å². The monoisotopic (exact) mass is 401 g/mol. The van der Waals surface area contributed by atoms with Gasteiger partial charge in [0.15, 0.2) is 0 Å². The quantitative estimate of drug-likeness (QED) is 0.439. The molecule has 9 heteroatoms. The number of hydrogen-bond donors (Lipinski definition) is 3. The number of aromatic nitrogens is 4. The molecule has 0 aliphatic heterocycles. The van der Waals surface area contributed by atoms with Crippen molar-refractivity contribution in [2.24, 2.45) is 0 Å². The smallest absolute Gasteiger partial charge is 0.314 e. The van der Waals surface area contributed by atoms with Crippen LogP contribution < -0.4 is 11.1 Å². The SMILES string of the molecule is Nc1ncc(NC(=O)C(=O)N(Cc2ccccc2)Cc2cccnc2)c2[nH]ncc12. The summed E-state index contributed by atoms with van der Waals surface area (Å²) in [6.07, 6.45) is 6.23. The zero-order valence-corrected chi connectivity index (χ0v) is 15.9. The van der Waals surface area contributed by atoms with Gasteiger partial charge in [0.25, 0.3) is 0 Å². The molecule has 2 amide bonds. The van der Waals surface area contributed by atoms with E-state index in [9.17, 15) is 9.59 Å². The average molecular weight is 401 g/mol. The van der Waals surface area contributed by atoms with E-state index in [1.807, 2.05) is 36.4 Å². The summed E-state index contributed by atoms with van der Waals surface area (Å²) in [4.78, 5) is 35.4. The Bertz CT molecular complexity index is 1130. The van der Waals surface area contributed by atoms with Crippen LogP contribution in [-0.2, 0) is 22.7 Å². The summed E-state index contributed by atoms with van der Waals surface area (Å²) in [5.41, 5.74) is 8.38. The molecule has 0 fully saturated rings. The van der Waals surface area contributed by atoms with E-state index < -0.39 is 11.8 Å². The number of benzene rings is 1. The molecule has 4 rings (SSSR count). The molecular weight excluding hydrogens is 382 g/mol. The highest BCUT2D eigenvalue weighted by Crippen LogP contribution is 2.24. The lowest BCUT2D eigenvalue weighted by atomic mass is 10.2. The molecule has 4 N–H and O–H groups in total. The predicted octanol–water partition coefficient (Wildman–Crippen LogP) is 2.10. The number of anilines is 2. The van der Waals surface area contributed by atoms with Crippen molar-refractivity contribution in [3.8, 4) is 0 Å². The Morgan fingerprint density at radius 3 is 2.53 bits per heavy atom. The van der Waals surface area contributed by atoms with Crippen LogP contribution >= 0.6 is 0 Å². The van der Waals surface area contributed by atoms with Gasteiger partial charge in [0, 0.05) is 25.5 Å². The fraction of sp³-hybridized carbons (Fsp3) is 0.0952. The summed E-state index contributed by atoms with van der Waals surface area (Å²) in [7, 11) is 0. The molecular formula is C21H19N7O2. The normalized spacial score (nSPS) is 10.7. The van der Waals surface area contributed by atoms with Crippen molar-refractivity contribution >= 4 is 34.2 Å². The molecule has 9 nitrogen and oxygen atoms in total. The first-order valence-electron chi connectivity index (χ1n) is 9.22. The minimum Gasteiger partial charge on any atom is -0.383 e. The van der Waals surface area contributed by atoms with Crippen LogP contribution in [0.5, 0.6) is 0 Å². The number of carbonyl (C=O) groups is 2.